The van der Waals surface area contributed by atoms with E-state index in [2.05, 4.69) is 30.7 Å². The van der Waals surface area contributed by atoms with Crippen LogP contribution in [-0.2, 0) is 13.1 Å². The van der Waals surface area contributed by atoms with Crippen molar-refractivity contribution in [3.8, 4) is 5.82 Å². The van der Waals surface area contributed by atoms with Gasteiger partial charge in [0.1, 0.15) is 5.76 Å². The van der Waals surface area contributed by atoms with Gasteiger partial charge >= 0.3 is 0 Å². The average molecular weight is 467 g/mol. The van der Waals surface area contributed by atoms with Crippen LogP contribution in [0.4, 0.5) is 0 Å². The number of pyridine rings is 1. The van der Waals surface area contributed by atoms with Crippen LogP contribution >= 0.6 is 24.0 Å². The molecule has 0 aliphatic rings. The molecule has 0 saturated heterocycles. The standard InChI is InChI=1S/C17H21N7O.HI/c1-12-13(2)25-16(23-12)11-21-17(18-3)20-10-14-5-7-19-15(9-14)24-8-4-6-22-24;/h4-9H,10-11H2,1-3H3,(H2,18,20,21);1H. The van der Waals surface area contributed by atoms with Crippen LogP contribution in [0.5, 0.6) is 0 Å². The summed E-state index contributed by atoms with van der Waals surface area (Å²) in [6, 6.07) is 5.80. The number of hydrogen-bond donors (Lipinski definition) is 2. The molecule has 26 heavy (non-hydrogen) atoms. The van der Waals surface area contributed by atoms with Gasteiger partial charge in [-0.3, -0.25) is 4.99 Å². The first-order valence-corrected chi connectivity index (χ1v) is 7.98. The van der Waals surface area contributed by atoms with Crippen molar-refractivity contribution in [3.05, 3.63) is 59.7 Å². The second kappa shape index (κ2) is 9.32. The predicted molar refractivity (Wildman–Crippen MR) is 110 cm³/mol. The fourth-order valence-corrected chi connectivity index (χ4v) is 2.28. The molecule has 0 radical (unpaired) electrons. The Balaban J connectivity index is 0.00000243. The molecule has 0 fully saturated rings. The zero-order valence-electron chi connectivity index (χ0n) is 14.9. The summed E-state index contributed by atoms with van der Waals surface area (Å²) in [6.45, 7) is 4.92. The SMILES string of the molecule is CN=C(NCc1ccnc(-n2cccn2)c1)NCc1nc(C)c(C)o1.I. The van der Waals surface area contributed by atoms with Crippen molar-refractivity contribution in [2.24, 2.45) is 4.99 Å². The number of hydrogen-bond acceptors (Lipinski definition) is 5. The number of aryl methyl sites for hydroxylation is 2. The Bertz CT molecular complexity index is 838. The van der Waals surface area contributed by atoms with E-state index in [4.69, 9.17) is 4.42 Å². The predicted octanol–water partition coefficient (Wildman–Crippen LogP) is 2.36. The highest BCUT2D eigenvalue weighted by Gasteiger charge is 2.07. The highest BCUT2D eigenvalue weighted by Crippen LogP contribution is 2.08. The van der Waals surface area contributed by atoms with Crippen LogP contribution in [-0.4, -0.2) is 32.8 Å². The summed E-state index contributed by atoms with van der Waals surface area (Å²) in [5, 5.41) is 10.6. The number of aromatic nitrogens is 4. The minimum atomic E-state index is 0. The zero-order valence-corrected chi connectivity index (χ0v) is 17.3. The van der Waals surface area contributed by atoms with Crippen LogP contribution in [0.25, 0.3) is 5.82 Å². The molecule has 0 aliphatic carbocycles. The smallest absolute Gasteiger partial charge is 0.214 e. The Morgan fingerprint density at radius 1 is 1.23 bits per heavy atom. The molecule has 3 rings (SSSR count). The highest BCUT2D eigenvalue weighted by molar-refractivity contribution is 14.0. The summed E-state index contributed by atoms with van der Waals surface area (Å²) in [4.78, 5) is 12.9. The topological polar surface area (TPSA) is 93.2 Å². The summed E-state index contributed by atoms with van der Waals surface area (Å²) in [7, 11) is 1.73. The molecule has 3 heterocycles. The van der Waals surface area contributed by atoms with Gasteiger partial charge in [0.05, 0.1) is 12.2 Å². The zero-order chi connectivity index (χ0) is 17.6. The molecule has 0 atom stereocenters. The number of halogens is 1. The molecule has 2 N–H and O–H groups in total. The van der Waals surface area contributed by atoms with Gasteiger partial charge in [-0.2, -0.15) is 5.10 Å². The number of oxazole rings is 1. The van der Waals surface area contributed by atoms with Gasteiger partial charge in [-0.15, -0.1) is 24.0 Å². The summed E-state index contributed by atoms with van der Waals surface area (Å²) in [5.41, 5.74) is 1.98. The van der Waals surface area contributed by atoms with E-state index < -0.39 is 0 Å². The van der Waals surface area contributed by atoms with Crippen molar-refractivity contribution in [1.82, 2.24) is 30.4 Å². The van der Waals surface area contributed by atoms with Crippen molar-refractivity contribution in [1.29, 1.82) is 0 Å². The third-order valence-electron chi connectivity index (χ3n) is 3.71. The van der Waals surface area contributed by atoms with Crippen molar-refractivity contribution in [3.63, 3.8) is 0 Å². The molecule has 0 aliphatic heterocycles. The number of guanidine groups is 1. The van der Waals surface area contributed by atoms with Gasteiger partial charge in [-0.25, -0.2) is 14.6 Å². The normalized spacial score (nSPS) is 11.1. The lowest BCUT2D eigenvalue weighted by molar-refractivity contribution is 0.463. The Labute approximate surface area is 169 Å². The van der Waals surface area contributed by atoms with Crippen molar-refractivity contribution in [2.45, 2.75) is 26.9 Å². The molecule has 138 valence electrons. The molecule has 3 aromatic rings. The minimum absolute atomic E-state index is 0. The molecule has 9 heteroatoms. The summed E-state index contributed by atoms with van der Waals surface area (Å²) in [6.07, 6.45) is 5.35. The average Bonchev–Trinajstić information content (AvgIpc) is 3.26. The minimum Gasteiger partial charge on any atom is -0.444 e. The molecule has 0 amide bonds. The van der Waals surface area contributed by atoms with E-state index >= 15 is 0 Å². The second-order valence-corrected chi connectivity index (χ2v) is 5.50. The van der Waals surface area contributed by atoms with Gasteiger partial charge in [-0.1, -0.05) is 0 Å². The first-order valence-electron chi connectivity index (χ1n) is 7.98. The Hall–Kier alpha value is -2.43. The maximum atomic E-state index is 5.55. The van der Waals surface area contributed by atoms with Gasteiger partial charge in [0.15, 0.2) is 11.8 Å². The van der Waals surface area contributed by atoms with Gasteiger partial charge in [0.25, 0.3) is 0 Å². The number of nitrogens with zero attached hydrogens (tertiary/aromatic N) is 5. The van der Waals surface area contributed by atoms with Crippen molar-refractivity contribution >= 4 is 29.9 Å². The van der Waals surface area contributed by atoms with E-state index in [1.54, 1.807) is 24.1 Å². The summed E-state index contributed by atoms with van der Waals surface area (Å²) < 4.78 is 7.28. The lowest BCUT2D eigenvalue weighted by atomic mass is 10.2. The van der Waals surface area contributed by atoms with E-state index in [1.165, 1.54) is 0 Å². The Morgan fingerprint density at radius 2 is 2.04 bits per heavy atom. The van der Waals surface area contributed by atoms with E-state index in [1.807, 2.05) is 38.2 Å². The maximum Gasteiger partial charge on any atom is 0.214 e. The molecule has 0 unspecified atom stereocenters. The fourth-order valence-electron chi connectivity index (χ4n) is 2.28. The van der Waals surface area contributed by atoms with Crippen molar-refractivity contribution in [2.75, 3.05) is 7.05 Å². The second-order valence-electron chi connectivity index (χ2n) is 5.50. The molecular formula is C17H22IN7O. The van der Waals surface area contributed by atoms with Gasteiger partial charge in [0.2, 0.25) is 5.89 Å². The van der Waals surface area contributed by atoms with Gasteiger partial charge < -0.3 is 15.1 Å². The lowest BCUT2D eigenvalue weighted by Gasteiger charge is -2.11. The van der Waals surface area contributed by atoms with E-state index in [9.17, 15) is 0 Å². The van der Waals surface area contributed by atoms with Crippen molar-refractivity contribution < 1.29 is 4.42 Å². The van der Waals surface area contributed by atoms with Gasteiger partial charge in [0, 0.05) is 32.2 Å². The summed E-state index contributed by atoms with van der Waals surface area (Å²) in [5.74, 6) is 2.93. The third kappa shape index (κ3) is 5.04. The molecule has 3 aromatic heterocycles. The number of rotatable bonds is 5. The van der Waals surface area contributed by atoms with E-state index in [0.29, 0.717) is 24.9 Å². The maximum absolute atomic E-state index is 5.55. The van der Waals surface area contributed by atoms with Crippen LogP contribution < -0.4 is 10.6 Å². The number of nitrogens with one attached hydrogen (secondary N) is 2. The molecule has 0 spiro atoms. The highest BCUT2D eigenvalue weighted by atomic mass is 127. The molecule has 0 aromatic carbocycles. The van der Waals surface area contributed by atoms with Crippen LogP contribution in [0.1, 0.15) is 22.9 Å². The van der Waals surface area contributed by atoms with E-state index in [-0.39, 0.29) is 24.0 Å². The Morgan fingerprint density at radius 3 is 2.69 bits per heavy atom. The fraction of sp³-hybridized carbons (Fsp3) is 0.294. The lowest BCUT2D eigenvalue weighted by Crippen LogP contribution is -2.36. The third-order valence-corrected chi connectivity index (χ3v) is 3.71. The van der Waals surface area contributed by atoms with Crippen LogP contribution in [0.3, 0.4) is 0 Å². The molecule has 0 bridgehead atoms. The van der Waals surface area contributed by atoms with E-state index in [0.717, 1.165) is 22.8 Å². The first-order chi connectivity index (χ1) is 12.2. The van der Waals surface area contributed by atoms with Gasteiger partial charge in [-0.05, 0) is 37.6 Å². The quantitative estimate of drug-likeness (QED) is 0.340. The number of aliphatic imine (C=N–C) groups is 1. The first kappa shape index (κ1) is 19.9. The molecular weight excluding hydrogens is 445 g/mol. The largest absolute Gasteiger partial charge is 0.444 e. The van der Waals surface area contributed by atoms with Crippen LogP contribution in [0.15, 0.2) is 46.2 Å². The van der Waals surface area contributed by atoms with Crippen LogP contribution in [0, 0.1) is 13.8 Å². The summed E-state index contributed by atoms with van der Waals surface area (Å²) >= 11 is 0. The molecule has 0 saturated carbocycles. The monoisotopic (exact) mass is 467 g/mol. The van der Waals surface area contributed by atoms with Crippen LogP contribution in [0.2, 0.25) is 0 Å². The Kier molecular flexibility index (Phi) is 7.13. The molecule has 8 nitrogen and oxygen atoms in total.